The van der Waals surface area contributed by atoms with Crippen molar-refractivity contribution in [1.29, 1.82) is 0 Å². The Balaban J connectivity index is 2.31. The number of rotatable bonds is 5. The van der Waals surface area contributed by atoms with E-state index < -0.39 is 0 Å². The largest absolute Gasteiger partial charge is 0.496 e. The molecule has 1 unspecified atom stereocenters. The van der Waals surface area contributed by atoms with Gasteiger partial charge in [0.2, 0.25) is 0 Å². The molecule has 1 heterocycles. The van der Waals surface area contributed by atoms with Crippen molar-refractivity contribution >= 4 is 0 Å². The van der Waals surface area contributed by atoms with E-state index in [1.54, 1.807) is 7.11 Å². The lowest BCUT2D eigenvalue weighted by atomic mass is 9.92. The molecule has 1 aromatic carbocycles. The van der Waals surface area contributed by atoms with E-state index in [-0.39, 0.29) is 0 Å². The Morgan fingerprint density at radius 1 is 1.25 bits per heavy atom. The summed E-state index contributed by atoms with van der Waals surface area (Å²) < 4.78 is 5.62. The van der Waals surface area contributed by atoms with E-state index in [0.29, 0.717) is 6.04 Å². The molecule has 1 atom stereocenters. The summed E-state index contributed by atoms with van der Waals surface area (Å²) in [5.74, 6) is 1.04. The molecule has 2 rings (SSSR count). The molecule has 0 fully saturated rings. The predicted molar refractivity (Wildman–Crippen MR) is 84.3 cm³/mol. The Morgan fingerprint density at radius 3 is 2.55 bits per heavy atom. The highest BCUT2D eigenvalue weighted by atomic mass is 16.5. The van der Waals surface area contributed by atoms with Crippen LogP contribution in [0.25, 0.3) is 0 Å². The average Bonchev–Trinajstić information content (AvgIpc) is 2.45. The summed E-state index contributed by atoms with van der Waals surface area (Å²) in [6.07, 6.45) is 1.14. The van der Waals surface area contributed by atoms with Crippen LogP contribution in [0.15, 0.2) is 12.1 Å². The first kappa shape index (κ1) is 15.3. The molecule has 0 bridgehead atoms. The van der Waals surface area contributed by atoms with Gasteiger partial charge in [0, 0.05) is 24.7 Å². The average molecular weight is 276 g/mol. The molecule has 1 aliphatic heterocycles. The first-order chi connectivity index (χ1) is 9.58. The number of benzene rings is 1. The molecule has 0 saturated carbocycles. The van der Waals surface area contributed by atoms with E-state index in [2.05, 4.69) is 49.8 Å². The topological polar surface area (TPSA) is 15.7 Å². The Morgan fingerprint density at radius 2 is 1.95 bits per heavy atom. The number of hydrogen-bond acceptors (Lipinski definition) is 3. The van der Waals surface area contributed by atoms with Gasteiger partial charge in [-0.3, -0.25) is 9.80 Å². The van der Waals surface area contributed by atoms with E-state index in [1.807, 2.05) is 0 Å². The van der Waals surface area contributed by atoms with Gasteiger partial charge in [0.1, 0.15) is 5.75 Å². The van der Waals surface area contributed by atoms with Crippen molar-refractivity contribution in [2.75, 3.05) is 27.2 Å². The van der Waals surface area contributed by atoms with Gasteiger partial charge >= 0.3 is 0 Å². The zero-order valence-corrected chi connectivity index (χ0v) is 13.6. The highest BCUT2D eigenvalue weighted by Crippen LogP contribution is 2.30. The summed E-state index contributed by atoms with van der Waals surface area (Å²) in [4.78, 5) is 4.84. The van der Waals surface area contributed by atoms with E-state index in [0.717, 1.165) is 38.3 Å². The van der Waals surface area contributed by atoms with Gasteiger partial charge in [-0.2, -0.15) is 0 Å². The second-order valence-corrected chi connectivity index (χ2v) is 5.86. The summed E-state index contributed by atoms with van der Waals surface area (Å²) in [7, 11) is 3.98. The number of likely N-dealkylation sites (N-methyl/N-ethyl adjacent to an activating group) is 1. The van der Waals surface area contributed by atoms with Crippen LogP contribution in [0.1, 0.15) is 37.5 Å². The van der Waals surface area contributed by atoms with Crippen molar-refractivity contribution in [3.8, 4) is 5.75 Å². The molecule has 20 heavy (non-hydrogen) atoms. The molecule has 0 aromatic heterocycles. The van der Waals surface area contributed by atoms with Crippen LogP contribution in [0.2, 0.25) is 0 Å². The maximum atomic E-state index is 5.62. The molecule has 3 heteroatoms. The van der Waals surface area contributed by atoms with Crippen LogP contribution in [0, 0.1) is 0 Å². The van der Waals surface area contributed by atoms with Crippen molar-refractivity contribution in [3.63, 3.8) is 0 Å². The first-order valence-electron chi connectivity index (χ1n) is 7.70. The van der Waals surface area contributed by atoms with Crippen LogP contribution >= 0.6 is 0 Å². The molecule has 1 aromatic rings. The Labute approximate surface area is 123 Å². The third-order valence-electron chi connectivity index (χ3n) is 4.58. The molecular weight excluding hydrogens is 248 g/mol. The summed E-state index contributed by atoms with van der Waals surface area (Å²) >= 11 is 0. The van der Waals surface area contributed by atoms with Gasteiger partial charge in [0.05, 0.1) is 7.11 Å². The van der Waals surface area contributed by atoms with Crippen LogP contribution < -0.4 is 4.74 Å². The summed E-state index contributed by atoms with van der Waals surface area (Å²) in [6, 6.07) is 5.24. The minimum Gasteiger partial charge on any atom is -0.496 e. The maximum Gasteiger partial charge on any atom is 0.123 e. The normalized spacial score (nSPS) is 19.2. The Hall–Kier alpha value is -1.06. The van der Waals surface area contributed by atoms with Crippen molar-refractivity contribution in [3.05, 3.63) is 28.8 Å². The van der Waals surface area contributed by atoms with E-state index in [9.17, 15) is 0 Å². The fourth-order valence-electron chi connectivity index (χ4n) is 2.96. The predicted octanol–water partition coefficient (Wildman–Crippen LogP) is 2.91. The number of methoxy groups -OCH3 is 1. The Kier molecular flexibility index (Phi) is 5.06. The molecular formula is C17H28N2O. The fraction of sp³-hybridized carbons (Fsp3) is 0.647. The molecule has 0 saturated heterocycles. The van der Waals surface area contributed by atoms with Crippen LogP contribution in [0.5, 0.6) is 5.75 Å². The van der Waals surface area contributed by atoms with Crippen molar-refractivity contribution in [2.24, 2.45) is 0 Å². The van der Waals surface area contributed by atoms with Gasteiger partial charge < -0.3 is 4.74 Å². The molecule has 0 radical (unpaired) electrons. The third kappa shape index (κ3) is 3.15. The first-order valence-corrected chi connectivity index (χ1v) is 7.70. The lowest BCUT2D eigenvalue weighted by Crippen LogP contribution is -2.35. The second-order valence-electron chi connectivity index (χ2n) is 5.86. The van der Waals surface area contributed by atoms with Crippen molar-refractivity contribution in [2.45, 2.75) is 46.3 Å². The maximum absolute atomic E-state index is 5.62. The second kappa shape index (κ2) is 6.59. The zero-order chi connectivity index (χ0) is 14.7. The van der Waals surface area contributed by atoms with Crippen LogP contribution in [0.4, 0.5) is 0 Å². The molecule has 0 aliphatic carbocycles. The molecule has 1 aliphatic rings. The number of ether oxygens (including phenoxy) is 1. The van der Waals surface area contributed by atoms with Crippen LogP contribution in [0.3, 0.4) is 0 Å². The lowest BCUT2D eigenvalue weighted by Gasteiger charge is -2.32. The smallest absolute Gasteiger partial charge is 0.123 e. The van der Waals surface area contributed by atoms with Crippen molar-refractivity contribution in [1.82, 2.24) is 9.80 Å². The quantitative estimate of drug-likeness (QED) is 0.822. The van der Waals surface area contributed by atoms with Crippen LogP contribution in [-0.2, 0) is 19.5 Å². The van der Waals surface area contributed by atoms with E-state index >= 15 is 0 Å². The van der Waals surface area contributed by atoms with E-state index in [1.165, 1.54) is 16.7 Å². The highest BCUT2D eigenvalue weighted by Gasteiger charge is 2.22. The molecule has 112 valence electrons. The minimum absolute atomic E-state index is 0.622. The minimum atomic E-state index is 0.622. The molecule has 0 spiro atoms. The highest BCUT2D eigenvalue weighted by molar-refractivity contribution is 5.44. The molecule has 3 nitrogen and oxygen atoms in total. The molecule has 0 N–H and O–H groups in total. The van der Waals surface area contributed by atoms with Gasteiger partial charge in [0.25, 0.3) is 0 Å². The fourth-order valence-corrected chi connectivity index (χ4v) is 2.96. The van der Waals surface area contributed by atoms with Gasteiger partial charge in [-0.15, -0.1) is 0 Å². The Bertz CT molecular complexity index is 455. The molecule has 0 amide bonds. The third-order valence-corrected chi connectivity index (χ3v) is 4.58. The standard InChI is InChI=1S/C17H28N2O/c1-6-19(7-2)12-16-9-14-8-13(3)18(4)11-15(14)10-17(16)20-5/h9-10,13H,6-8,11-12H2,1-5H3. The van der Waals surface area contributed by atoms with Gasteiger partial charge in [-0.05, 0) is 50.7 Å². The number of fused-ring (bicyclic) bond motifs is 1. The van der Waals surface area contributed by atoms with Crippen LogP contribution in [-0.4, -0.2) is 43.1 Å². The summed E-state index contributed by atoms with van der Waals surface area (Å²) in [5.41, 5.74) is 4.25. The summed E-state index contributed by atoms with van der Waals surface area (Å²) in [5, 5.41) is 0. The SMILES string of the molecule is CCN(CC)Cc1cc2c(cc1OC)CN(C)C(C)C2. The lowest BCUT2D eigenvalue weighted by molar-refractivity contribution is 0.230. The van der Waals surface area contributed by atoms with E-state index in [4.69, 9.17) is 4.74 Å². The monoisotopic (exact) mass is 276 g/mol. The van der Waals surface area contributed by atoms with Gasteiger partial charge in [0.15, 0.2) is 0 Å². The van der Waals surface area contributed by atoms with Gasteiger partial charge in [-0.25, -0.2) is 0 Å². The summed E-state index contributed by atoms with van der Waals surface area (Å²) in [6.45, 7) is 10.9. The number of nitrogens with zero attached hydrogens (tertiary/aromatic N) is 2. The van der Waals surface area contributed by atoms with Crippen molar-refractivity contribution < 1.29 is 4.74 Å². The van der Waals surface area contributed by atoms with Gasteiger partial charge in [-0.1, -0.05) is 19.9 Å². The zero-order valence-electron chi connectivity index (χ0n) is 13.6. The number of hydrogen-bond donors (Lipinski definition) is 0.